The Balaban J connectivity index is 1.82. The quantitative estimate of drug-likeness (QED) is 0.545. The van der Waals surface area contributed by atoms with Gasteiger partial charge in [0.1, 0.15) is 0 Å². The molecule has 2 saturated heterocycles. The maximum absolute atomic E-state index is 5.12. The number of ether oxygens (including phenoxy) is 1. The van der Waals surface area contributed by atoms with Crippen LogP contribution >= 0.6 is 0 Å². The highest BCUT2D eigenvalue weighted by atomic mass is 16.5. The standard InChI is InChI=1S/C7H13NO/c1-2-8-3-6(1)7-4-9-5-7/h6-8H,1-5H2/t6-/m0/s1. The first-order valence-electron chi connectivity index (χ1n) is 3.75. The largest absolute Gasteiger partial charge is 0.381 e. The third-order valence-corrected chi connectivity index (χ3v) is 2.43. The molecular weight excluding hydrogens is 114 g/mol. The van der Waals surface area contributed by atoms with Gasteiger partial charge in [-0.2, -0.15) is 0 Å². The molecule has 0 saturated carbocycles. The smallest absolute Gasteiger partial charge is 0.0519 e. The van der Waals surface area contributed by atoms with E-state index in [0.29, 0.717) is 0 Å². The zero-order chi connectivity index (χ0) is 6.10. The van der Waals surface area contributed by atoms with E-state index in [-0.39, 0.29) is 0 Å². The van der Waals surface area contributed by atoms with Gasteiger partial charge in [-0.1, -0.05) is 0 Å². The van der Waals surface area contributed by atoms with Crippen LogP contribution < -0.4 is 5.32 Å². The third-order valence-electron chi connectivity index (χ3n) is 2.43. The molecule has 2 fully saturated rings. The van der Waals surface area contributed by atoms with Crippen molar-refractivity contribution < 1.29 is 4.74 Å². The molecule has 1 atom stereocenters. The minimum Gasteiger partial charge on any atom is -0.381 e. The van der Waals surface area contributed by atoms with Crippen LogP contribution in [0.25, 0.3) is 0 Å². The van der Waals surface area contributed by atoms with E-state index < -0.39 is 0 Å². The third kappa shape index (κ3) is 0.970. The van der Waals surface area contributed by atoms with Gasteiger partial charge in [0.05, 0.1) is 13.2 Å². The van der Waals surface area contributed by atoms with Crippen LogP contribution in [0.2, 0.25) is 0 Å². The van der Waals surface area contributed by atoms with E-state index in [9.17, 15) is 0 Å². The van der Waals surface area contributed by atoms with Gasteiger partial charge < -0.3 is 10.1 Å². The van der Waals surface area contributed by atoms with E-state index in [1.165, 1.54) is 19.5 Å². The monoisotopic (exact) mass is 127 g/mol. The summed E-state index contributed by atoms with van der Waals surface area (Å²) < 4.78 is 5.12. The molecule has 2 heterocycles. The summed E-state index contributed by atoms with van der Waals surface area (Å²) in [4.78, 5) is 0. The molecule has 0 bridgehead atoms. The second-order valence-electron chi connectivity index (χ2n) is 3.05. The fraction of sp³-hybridized carbons (Fsp3) is 1.00. The summed E-state index contributed by atoms with van der Waals surface area (Å²) in [5.74, 6) is 1.82. The minimum atomic E-state index is 0.889. The van der Waals surface area contributed by atoms with E-state index in [0.717, 1.165) is 25.0 Å². The Kier molecular flexibility index (Phi) is 1.44. The Hall–Kier alpha value is -0.0800. The lowest BCUT2D eigenvalue weighted by atomic mass is 9.90. The van der Waals surface area contributed by atoms with Gasteiger partial charge in [0.2, 0.25) is 0 Å². The van der Waals surface area contributed by atoms with Crippen molar-refractivity contribution in [3.63, 3.8) is 0 Å². The zero-order valence-electron chi connectivity index (χ0n) is 5.60. The van der Waals surface area contributed by atoms with Crippen LogP contribution in [0.3, 0.4) is 0 Å². The van der Waals surface area contributed by atoms with Gasteiger partial charge in [-0.05, 0) is 25.4 Å². The molecule has 2 rings (SSSR count). The van der Waals surface area contributed by atoms with Crippen LogP contribution in [0.4, 0.5) is 0 Å². The summed E-state index contributed by atoms with van der Waals surface area (Å²) in [5.41, 5.74) is 0. The van der Waals surface area contributed by atoms with E-state index in [1.54, 1.807) is 0 Å². The molecule has 0 aromatic heterocycles. The van der Waals surface area contributed by atoms with Crippen LogP contribution in [0.15, 0.2) is 0 Å². The first kappa shape index (κ1) is 5.69. The zero-order valence-corrected chi connectivity index (χ0v) is 5.60. The van der Waals surface area contributed by atoms with Crippen molar-refractivity contribution in [1.29, 1.82) is 0 Å². The lowest BCUT2D eigenvalue weighted by molar-refractivity contribution is -0.0566. The first-order valence-corrected chi connectivity index (χ1v) is 3.75. The van der Waals surface area contributed by atoms with Crippen LogP contribution in [0, 0.1) is 11.8 Å². The molecule has 2 nitrogen and oxygen atoms in total. The van der Waals surface area contributed by atoms with Crippen LogP contribution in [-0.4, -0.2) is 26.3 Å². The summed E-state index contributed by atoms with van der Waals surface area (Å²) in [6.45, 7) is 4.49. The van der Waals surface area contributed by atoms with Crippen molar-refractivity contribution in [2.75, 3.05) is 26.3 Å². The Labute approximate surface area is 55.6 Å². The predicted octanol–water partition coefficient (Wildman–Crippen LogP) is 0.242. The van der Waals surface area contributed by atoms with Gasteiger partial charge in [0.15, 0.2) is 0 Å². The highest BCUT2D eigenvalue weighted by Gasteiger charge is 2.29. The summed E-state index contributed by atoms with van der Waals surface area (Å²) in [7, 11) is 0. The molecule has 0 unspecified atom stereocenters. The highest BCUT2D eigenvalue weighted by molar-refractivity contribution is 4.81. The van der Waals surface area contributed by atoms with E-state index in [2.05, 4.69) is 5.32 Å². The molecule has 0 aliphatic carbocycles. The normalized spacial score (nSPS) is 36.7. The minimum absolute atomic E-state index is 0.889. The second kappa shape index (κ2) is 2.27. The summed E-state index contributed by atoms with van der Waals surface area (Å²) in [6.07, 6.45) is 1.37. The lowest BCUT2D eigenvalue weighted by Crippen LogP contribution is -2.35. The Morgan fingerprint density at radius 3 is 2.56 bits per heavy atom. The molecule has 1 N–H and O–H groups in total. The first-order chi connectivity index (χ1) is 4.47. The van der Waals surface area contributed by atoms with Crippen LogP contribution in [0.1, 0.15) is 6.42 Å². The van der Waals surface area contributed by atoms with Crippen LogP contribution in [-0.2, 0) is 4.74 Å². The van der Waals surface area contributed by atoms with Gasteiger partial charge in [-0.3, -0.25) is 0 Å². The van der Waals surface area contributed by atoms with Gasteiger partial charge in [0.25, 0.3) is 0 Å². The molecule has 2 heteroatoms. The van der Waals surface area contributed by atoms with Crippen molar-refractivity contribution in [3.8, 4) is 0 Å². The molecule has 9 heavy (non-hydrogen) atoms. The molecule has 0 spiro atoms. The van der Waals surface area contributed by atoms with Crippen LogP contribution in [0.5, 0.6) is 0 Å². The molecule has 0 radical (unpaired) electrons. The Morgan fingerprint density at radius 2 is 2.11 bits per heavy atom. The second-order valence-corrected chi connectivity index (χ2v) is 3.05. The average molecular weight is 127 g/mol. The summed E-state index contributed by atoms with van der Waals surface area (Å²) >= 11 is 0. The molecule has 2 aliphatic rings. The lowest BCUT2D eigenvalue weighted by Gasteiger charge is -2.30. The fourth-order valence-electron chi connectivity index (χ4n) is 1.61. The molecule has 0 aromatic carbocycles. The van der Waals surface area contributed by atoms with Crippen molar-refractivity contribution >= 4 is 0 Å². The number of hydrogen-bond acceptors (Lipinski definition) is 2. The Bertz CT molecular complexity index is 95.1. The van der Waals surface area contributed by atoms with Gasteiger partial charge in [0, 0.05) is 5.92 Å². The topological polar surface area (TPSA) is 21.3 Å². The van der Waals surface area contributed by atoms with Crippen molar-refractivity contribution in [3.05, 3.63) is 0 Å². The number of hydrogen-bond donors (Lipinski definition) is 1. The molecule has 2 aliphatic heterocycles. The van der Waals surface area contributed by atoms with Gasteiger partial charge in [-0.25, -0.2) is 0 Å². The van der Waals surface area contributed by atoms with Crippen molar-refractivity contribution in [2.45, 2.75) is 6.42 Å². The number of rotatable bonds is 1. The maximum atomic E-state index is 5.12. The van der Waals surface area contributed by atoms with E-state index in [4.69, 9.17) is 4.74 Å². The summed E-state index contributed by atoms with van der Waals surface area (Å²) in [5, 5.41) is 3.37. The van der Waals surface area contributed by atoms with E-state index in [1.807, 2.05) is 0 Å². The highest BCUT2D eigenvalue weighted by Crippen LogP contribution is 2.24. The average Bonchev–Trinajstić information content (AvgIpc) is 2.11. The number of nitrogens with one attached hydrogen (secondary N) is 1. The van der Waals surface area contributed by atoms with Gasteiger partial charge in [-0.15, -0.1) is 0 Å². The molecular formula is C7H13NO. The van der Waals surface area contributed by atoms with Crippen molar-refractivity contribution in [1.82, 2.24) is 5.32 Å². The van der Waals surface area contributed by atoms with E-state index >= 15 is 0 Å². The molecule has 0 aromatic rings. The van der Waals surface area contributed by atoms with Crippen molar-refractivity contribution in [2.24, 2.45) is 11.8 Å². The molecule has 52 valence electrons. The predicted molar refractivity (Wildman–Crippen MR) is 35.3 cm³/mol. The Morgan fingerprint density at radius 1 is 1.22 bits per heavy atom. The SMILES string of the molecule is C1C[C@H](C2COC2)CN1. The maximum Gasteiger partial charge on any atom is 0.0519 e. The summed E-state index contributed by atoms with van der Waals surface area (Å²) in [6, 6.07) is 0. The molecule has 0 amide bonds. The fourth-order valence-corrected chi connectivity index (χ4v) is 1.61. The van der Waals surface area contributed by atoms with Gasteiger partial charge >= 0.3 is 0 Å².